The van der Waals surface area contributed by atoms with Crippen molar-refractivity contribution in [2.75, 3.05) is 26.7 Å². The highest BCUT2D eigenvalue weighted by Crippen LogP contribution is 2.15. The van der Waals surface area contributed by atoms with Gasteiger partial charge in [-0.1, -0.05) is 0 Å². The van der Waals surface area contributed by atoms with E-state index in [1.54, 1.807) is 0 Å². The SMILES string of the molecule is C[N+]1(CC(=O)O)CCCCC1.[Br-]. The molecule has 1 N–H and O–H groups in total. The molecular formula is C8H16BrNO2. The molecule has 1 fully saturated rings. The normalized spacial score (nSPS) is 21.1. The molecular weight excluding hydrogens is 222 g/mol. The smallest absolute Gasteiger partial charge is 0.359 e. The molecule has 0 unspecified atom stereocenters. The maximum absolute atomic E-state index is 10.5. The molecule has 0 aromatic rings. The van der Waals surface area contributed by atoms with Gasteiger partial charge < -0.3 is 26.6 Å². The van der Waals surface area contributed by atoms with Crippen LogP contribution in [-0.2, 0) is 4.79 Å². The number of quaternary nitrogens is 1. The molecule has 3 nitrogen and oxygen atoms in total. The third-order valence-electron chi connectivity index (χ3n) is 2.41. The zero-order valence-electron chi connectivity index (χ0n) is 7.42. The predicted octanol–water partition coefficient (Wildman–Crippen LogP) is -2.29. The first-order chi connectivity index (χ1) is 5.12. The summed E-state index contributed by atoms with van der Waals surface area (Å²) in [5, 5.41) is 8.62. The van der Waals surface area contributed by atoms with Gasteiger partial charge in [0, 0.05) is 0 Å². The molecule has 0 aromatic heterocycles. The highest BCUT2D eigenvalue weighted by Gasteiger charge is 2.26. The highest BCUT2D eigenvalue weighted by atomic mass is 79.9. The number of halogens is 1. The van der Waals surface area contributed by atoms with Crippen molar-refractivity contribution in [2.45, 2.75) is 19.3 Å². The van der Waals surface area contributed by atoms with Crippen molar-refractivity contribution in [2.24, 2.45) is 0 Å². The summed E-state index contributed by atoms with van der Waals surface area (Å²) in [4.78, 5) is 10.5. The number of nitrogens with zero attached hydrogens (tertiary/aromatic N) is 1. The van der Waals surface area contributed by atoms with Crippen molar-refractivity contribution in [3.05, 3.63) is 0 Å². The number of carboxylic acid groups (broad SMARTS) is 1. The first-order valence-electron chi connectivity index (χ1n) is 4.18. The van der Waals surface area contributed by atoms with Crippen molar-refractivity contribution in [1.29, 1.82) is 0 Å². The number of likely N-dealkylation sites (N-methyl/N-ethyl adjacent to an activating group) is 1. The van der Waals surface area contributed by atoms with Crippen molar-refractivity contribution in [3.8, 4) is 0 Å². The molecule has 0 bridgehead atoms. The fraction of sp³-hybridized carbons (Fsp3) is 0.875. The molecule has 0 aromatic carbocycles. The first kappa shape index (κ1) is 11.9. The number of hydrogen-bond acceptors (Lipinski definition) is 1. The molecule has 0 atom stereocenters. The van der Waals surface area contributed by atoms with E-state index in [-0.39, 0.29) is 17.0 Å². The summed E-state index contributed by atoms with van der Waals surface area (Å²) in [7, 11) is 2.04. The van der Waals surface area contributed by atoms with E-state index in [1.165, 1.54) is 19.3 Å². The Labute approximate surface area is 83.7 Å². The Hall–Kier alpha value is -0.0900. The van der Waals surface area contributed by atoms with E-state index in [4.69, 9.17) is 5.11 Å². The molecule has 1 saturated heterocycles. The molecule has 1 aliphatic rings. The summed E-state index contributed by atoms with van der Waals surface area (Å²) in [6.07, 6.45) is 3.64. The van der Waals surface area contributed by atoms with Gasteiger partial charge in [0.2, 0.25) is 0 Å². The van der Waals surface area contributed by atoms with Gasteiger partial charge in [0.1, 0.15) is 0 Å². The monoisotopic (exact) mass is 237 g/mol. The first-order valence-corrected chi connectivity index (χ1v) is 4.18. The van der Waals surface area contributed by atoms with E-state index >= 15 is 0 Å². The lowest BCUT2D eigenvalue weighted by molar-refractivity contribution is -0.907. The standard InChI is InChI=1S/C8H15NO2.BrH/c1-9(7-8(10)11)5-3-2-4-6-9;/h2-7H2,1H3;1H. The number of likely N-dealkylation sites (tertiary alicyclic amines) is 1. The van der Waals surface area contributed by atoms with Gasteiger partial charge in [0.05, 0.1) is 20.1 Å². The molecule has 12 heavy (non-hydrogen) atoms. The lowest BCUT2D eigenvalue weighted by Gasteiger charge is -2.36. The average Bonchev–Trinajstić information content (AvgIpc) is 1.85. The molecule has 1 rings (SSSR count). The number of rotatable bonds is 2. The van der Waals surface area contributed by atoms with Crippen LogP contribution in [0.1, 0.15) is 19.3 Å². The van der Waals surface area contributed by atoms with Crippen LogP contribution in [0.25, 0.3) is 0 Å². The average molecular weight is 238 g/mol. The van der Waals surface area contributed by atoms with E-state index in [0.29, 0.717) is 6.54 Å². The number of carbonyl (C=O) groups is 1. The Balaban J connectivity index is 0.00000121. The Morgan fingerprint density at radius 2 is 1.83 bits per heavy atom. The van der Waals surface area contributed by atoms with Gasteiger partial charge in [-0.3, -0.25) is 0 Å². The summed E-state index contributed by atoms with van der Waals surface area (Å²) < 4.78 is 0.731. The summed E-state index contributed by atoms with van der Waals surface area (Å²) in [5.74, 6) is -0.672. The van der Waals surface area contributed by atoms with Crippen molar-refractivity contribution >= 4 is 5.97 Å². The van der Waals surface area contributed by atoms with Crippen LogP contribution in [0.3, 0.4) is 0 Å². The lowest BCUT2D eigenvalue weighted by atomic mass is 10.1. The van der Waals surface area contributed by atoms with Gasteiger partial charge in [-0.15, -0.1) is 0 Å². The number of hydrogen-bond donors (Lipinski definition) is 1. The molecule has 72 valence electrons. The van der Waals surface area contributed by atoms with Gasteiger partial charge in [-0.2, -0.15) is 0 Å². The molecule has 0 saturated carbocycles. The van der Waals surface area contributed by atoms with E-state index < -0.39 is 5.97 Å². The number of piperidine rings is 1. The van der Waals surface area contributed by atoms with Crippen molar-refractivity contribution in [3.63, 3.8) is 0 Å². The molecule has 0 aliphatic carbocycles. The fourth-order valence-corrected chi connectivity index (χ4v) is 1.76. The maximum atomic E-state index is 10.5. The van der Waals surface area contributed by atoms with Crippen LogP contribution in [0.15, 0.2) is 0 Å². The van der Waals surface area contributed by atoms with E-state index in [2.05, 4.69) is 0 Å². The van der Waals surface area contributed by atoms with Gasteiger partial charge in [-0.25, -0.2) is 4.79 Å². The fourth-order valence-electron chi connectivity index (χ4n) is 1.76. The largest absolute Gasteiger partial charge is 1.00 e. The van der Waals surface area contributed by atoms with Gasteiger partial charge in [-0.05, 0) is 19.3 Å². The second kappa shape index (κ2) is 4.82. The molecule has 0 amide bonds. The van der Waals surface area contributed by atoms with Crippen LogP contribution in [0, 0.1) is 0 Å². The van der Waals surface area contributed by atoms with Crippen molar-refractivity contribution in [1.82, 2.24) is 0 Å². The van der Waals surface area contributed by atoms with Crippen LogP contribution >= 0.6 is 0 Å². The van der Waals surface area contributed by atoms with Gasteiger partial charge >= 0.3 is 5.97 Å². The van der Waals surface area contributed by atoms with E-state index in [9.17, 15) is 4.79 Å². The third-order valence-corrected chi connectivity index (χ3v) is 2.41. The summed E-state index contributed by atoms with van der Waals surface area (Å²) >= 11 is 0. The molecule has 4 heteroatoms. The van der Waals surface area contributed by atoms with Gasteiger partial charge in [0.15, 0.2) is 6.54 Å². The second-order valence-corrected chi connectivity index (χ2v) is 3.68. The third kappa shape index (κ3) is 3.54. The van der Waals surface area contributed by atoms with Crippen molar-refractivity contribution < 1.29 is 31.4 Å². The zero-order valence-corrected chi connectivity index (χ0v) is 9.01. The Morgan fingerprint density at radius 1 is 1.33 bits per heavy atom. The minimum atomic E-state index is -0.672. The van der Waals surface area contributed by atoms with Gasteiger partial charge in [0.25, 0.3) is 0 Å². The zero-order chi connectivity index (χ0) is 8.32. The Morgan fingerprint density at radius 3 is 2.25 bits per heavy atom. The minimum absolute atomic E-state index is 0. The van der Waals surface area contributed by atoms with Crippen LogP contribution in [0.4, 0.5) is 0 Å². The topological polar surface area (TPSA) is 37.3 Å². The van der Waals surface area contributed by atoms with Crippen LogP contribution in [0.5, 0.6) is 0 Å². The molecule has 1 aliphatic heterocycles. The van der Waals surface area contributed by atoms with E-state index in [1.807, 2.05) is 7.05 Å². The predicted molar refractivity (Wildman–Crippen MR) is 42.3 cm³/mol. The Kier molecular flexibility index (Phi) is 4.78. The van der Waals surface area contributed by atoms with Crippen LogP contribution < -0.4 is 17.0 Å². The Bertz CT molecular complexity index is 155. The molecule has 0 radical (unpaired) electrons. The molecule has 1 heterocycles. The lowest BCUT2D eigenvalue weighted by Crippen LogP contribution is -3.00. The number of aliphatic carboxylic acids is 1. The highest BCUT2D eigenvalue weighted by molar-refractivity contribution is 5.67. The summed E-state index contributed by atoms with van der Waals surface area (Å²) in [5.41, 5.74) is 0. The van der Waals surface area contributed by atoms with E-state index in [0.717, 1.165) is 17.6 Å². The summed E-state index contributed by atoms with van der Waals surface area (Å²) in [6.45, 7) is 2.36. The summed E-state index contributed by atoms with van der Waals surface area (Å²) in [6, 6.07) is 0. The number of carboxylic acids is 1. The second-order valence-electron chi connectivity index (χ2n) is 3.68. The van der Waals surface area contributed by atoms with Crippen LogP contribution in [-0.4, -0.2) is 42.2 Å². The maximum Gasteiger partial charge on any atom is 0.359 e. The molecule has 0 spiro atoms. The van der Waals surface area contributed by atoms with Crippen LogP contribution in [0.2, 0.25) is 0 Å². The quantitative estimate of drug-likeness (QED) is 0.550. The minimum Gasteiger partial charge on any atom is -1.00 e.